The van der Waals surface area contributed by atoms with E-state index < -0.39 is 9.84 Å². The summed E-state index contributed by atoms with van der Waals surface area (Å²) in [5.41, 5.74) is 2.13. The van der Waals surface area contributed by atoms with Crippen molar-refractivity contribution in [3.63, 3.8) is 0 Å². The van der Waals surface area contributed by atoms with E-state index >= 15 is 0 Å². The van der Waals surface area contributed by atoms with Crippen LogP contribution in [0.2, 0.25) is 10.0 Å². The number of nitrogens with one attached hydrogen (secondary N) is 2. The molecule has 0 aromatic heterocycles. The van der Waals surface area contributed by atoms with Gasteiger partial charge in [0.1, 0.15) is 18.2 Å². The topological polar surface area (TPSA) is 84.5 Å². The number of carbonyl (C=O) groups is 1. The Bertz CT molecular complexity index is 1240. The maximum Gasteiger partial charge on any atom is 0.255 e. The molecule has 32 heavy (non-hydrogen) atoms. The van der Waals surface area contributed by atoms with Gasteiger partial charge >= 0.3 is 0 Å². The summed E-state index contributed by atoms with van der Waals surface area (Å²) in [6.45, 7) is 0.0987. The zero-order valence-corrected chi connectivity index (χ0v) is 21.3. The monoisotopic (exact) mass is 604 g/mol. The fourth-order valence-electron chi connectivity index (χ4n) is 2.69. The molecule has 0 aliphatic carbocycles. The lowest BCUT2D eigenvalue weighted by molar-refractivity contribution is 0.102. The first-order valence-electron chi connectivity index (χ1n) is 9.30. The summed E-state index contributed by atoms with van der Waals surface area (Å²) in [6.07, 6.45) is 1.13. The number of halogens is 3. The Hall–Kier alpha value is -2.01. The minimum Gasteiger partial charge on any atom is -0.487 e. The molecule has 0 aliphatic heterocycles. The molecule has 0 spiro atoms. The first-order chi connectivity index (χ1) is 15.1. The highest BCUT2D eigenvalue weighted by Crippen LogP contribution is 2.31. The van der Waals surface area contributed by atoms with Crippen LogP contribution < -0.4 is 15.4 Å². The molecule has 0 bridgehead atoms. The first-order valence-corrected chi connectivity index (χ1v) is 13.2. The maximum atomic E-state index is 12.6. The van der Waals surface area contributed by atoms with E-state index in [4.69, 9.17) is 27.9 Å². The van der Waals surface area contributed by atoms with Crippen LogP contribution in [0.15, 0.2) is 60.7 Å². The SMILES string of the molecule is CS(=O)(=O)CNc1ccc(NC(=O)c2ccc(I)cc2)cc1OCc1cc(Cl)ccc1Cl. The second kappa shape index (κ2) is 10.7. The summed E-state index contributed by atoms with van der Waals surface area (Å²) >= 11 is 14.4. The molecule has 0 saturated heterocycles. The highest BCUT2D eigenvalue weighted by Gasteiger charge is 2.12. The Balaban J connectivity index is 1.83. The van der Waals surface area contributed by atoms with Gasteiger partial charge in [0.05, 0.1) is 5.69 Å². The molecule has 168 valence electrons. The molecule has 2 N–H and O–H groups in total. The number of hydrogen-bond donors (Lipinski definition) is 2. The minimum atomic E-state index is -3.26. The van der Waals surface area contributed by atoms with Crippen LogP contribution in [0, 0.1) is 3.57 Å². The summed E-state index contributed by atoms with van der Waals surface area (Å²) in [5.74, 6) is -0.192. The lowest BCUT2D eigenvalue weighted by Gasteiger charge is -2.16. The van der Waals surface area contributed by atoms with Gasteiger partial charge in [0, 0.05) is 42.8 Å². The molecule has 3 aromatic rings. The fraction of sp³-hybridized carbons (Fsp3) is 0.136. The highest BCUT2D eigenvalue weighted by atomic mass is 127. The van der Waals surface area contributed by atoms with Crippen molar-refractivity contribution in [1.29, 1.82) is 0 Å². The first kappa shape index (κ1) is 24.6. The Morgan fingerprint density at radius 2 is 1.75 bits per heavy atom. The van der Waals surface area contributed by atoms with Crippen LogP contribution in [0.25, 0.3) is 0 Å². The molecule has 10 heteroatoms. The number of rotatable bonds is 8. The third-order valence-corrected chi connectivity index (χ3v) is 6.25. The molecule has 0 atom stereocenters. The van der Waals surface area contributed by atoms with Crippen LogP contribution in [0.1, 0.15) is 15.9 Å². The van der Waals surface area contributed by atoms with Crippen LogP contribution in [-0.2, 0) is 16.4 Å². The van der Waals surface area contributed by atoms with Gasteiger partial charge in [-0.25, -0.2) is 8.42 Å². The van der Waals surface area contributed by atoms with E-state index in [2.05, 4.69) is 33.2 Å². The van der Waals surface area contributed by atoms with E-state index in [1.54, 1.807) is 48.5 Å². The number of anilines is 2. The molecule has 0 unspecified atom stereocenters. The number of ether oxygens (including phenoxy) is 1. The third kappa shape index (κ3) is 7.26. The third-order valence-electron chi connectivity index (χ3n) is 4.26. The summed E-state index contributed by atoms with van der Waals surface area (Å²) in [7, 11) is -3.26. The van der Waals surface area contributed by atoms with E-state index in [-0.39, 0.29) is 18.4 Å². The lowest BCUT2D eigenvalue weighted by Crippen LogP contribution is -2.14. The minimum absolute atomic E-state index is 0.0987. The molecule has 0 saturated carbocycles. The molecule has 0 fully saturated rings. The standard InChI is InChI=1S/C22H19Cl2IN2O4S/c1-32(29,30)13-26-20-9-7-18(27-22(28)14-2-5-17(25)6-3-14)11-21(20)31-12-15-10-16(23)4-8-19(15)24/h2-11,26H,12-13H2,1H3,(H,27,28). The highest BCUT2D eigenvalue weighted by molar-refractivity contribution is 14.1. The van der Waals surface area contributed by atoms with Crippen molar-refractivity contribution in [2.45, 2.75) is 6.61 Å². The average Bonchev–Trinajstić information content (AvgIpc) is 2.73. The molecule has 0 radical (unpaired) electrons. The van der Waals surface area contributed by atoms with Gasteiger partial charge in [-0.15, -0.1) is 0 Å². The molecular weight excluding hydrogens is 586 g/mol. The Morgan fingerprint density at radius 3 is 2.44 bits per heavy atom. The molecule has 3 rings (SSSR count). The van der Waals surface area contributed by atoms with E-state index in [0.29, 0.717) is 38.3 Å². The van der Waals surface area contributed by atoms with Crippen molar-refractivity contribution in [1.82, 2.24) is 0 Å². The molecule has 1 amide bonds. The molecule has 3 aromatic carbocycles. The number of amides is 1. The van der Waals surface area contributed by atoms with Gasteiger partial charge in [-0.05, 0) is 77.2 Å². The van der Waals surface area contributed by atoms with E-state index in [1.165, 1.54) is 0 Å². The average molecular weight is 605 g/mol. The molecular formula is C22H19Cl2IN2O4S. The van der Waals surface area contributed by atoms with Crippen LogP contribution >= 0.6 is 45.8 Å². The molecule has 6 nitrogen and oxygen atoms in total. The van der Waals surface area contributed by atoms with Crippen LogP contribution in [0.3, 0.4) is 0 Å². The quantitative estimate of drug-likeness (QED) is 0.316. The summed E-state index contributed by atoms with van der Waals surface area (Å²) in [5, 5.41) is 6.67. The van der Waals surface area contributed by atoms with Gasteiger partial charge in [-0.2, -0.15) is 0 Å². The largest absolute Gasteiger partial charge is 0.487 e. The van der Waals surface area contributed by atoms with Crippen LogP contribution in [-0.4, -0.2) is 26.5 Å². The van der Waals surface area contributed by atoms with E-state index in [1.807, 2.05) is 12.1 Å². The normalized spacial score (nSPS) is 11.1. The second-order valence-corrected chi connectivity index (χ2v) is 11.2. The van der Waals surface area contributed by atoms with E-state index in [0.717, 1.165) is 9.83 Å². The molecule has 0 aliphatic rings. The predicted molar refractivity (Wildman–Crippen MR) is 138 cm³/mol. The van der Waals surface area contributed by atoms with Gasteiger partial charge < -0.3 is 15.4 Å². The molecule has 0 heterocycles. The van der Waals surface area contributed by atoms with Crippen molar-refractivity contribution >= 4 is 72.9 Å². The number of carbonyl (C=O) groups excluding carboxylic acids is 1. The number of benzene rings is 3. The van der Waals surface area contributed by atoms with Crippen LogP contribution in [0.4, 0.5) is 11.4 Å². The van der Waals surface area contributed by atoms with Crippen LogP contribution in [0.5, 0.6) is 5.75 Å². The van der Waals surface area contributed by atoms with Gasteiger partial charge in [0.15, 0.2) is 9.84 Å². The lowest BCUT2D eigenvalue weighted by atomic mass is 10.2. The smallest absolute Gasteiger partial charge is 0.255 e. The zero-order chi connectivity index (χ0) is 23.3. The number of sulfone groups is 1. The van der Waals surface area contributed by atoms with Gasteiger partial charge in [0.25, 0.3) is 5.91 Å². The Morgan fingerprint density at radius 1 is 1.03 bits per heavy atom. The summed E-state index contributed by atoms with van der Waals surface area (Å²) in [6, 6.07) is 17.1. The fourth-order valence-corrected chi connectivity index (χ4v) is 3.83. The van der Waals surface area contributed by atoms with Crippen molar-refractivity contribution in [2.75, 3.05) is 22.8 Å². The summed E-state index contributed by atoms with van der Waals surface area (Å²) in [4.78, 5) is 12.6. The van der Waals surface area contributed by atoms with Crippen molar-refractivity contribution < 1.29 is 17.9 Å². The predicted octanol–water partition coefficient (Wildman–Crippen LogP) is 5.84. The summed E-state index contributed by atoms with van der Waals surface area (Å²) < 4.78 is 30.1. The van der Waals surface area contributed by atoms with E-state index in [9.17, 15) is 13.2 Å². The maximum absolute atomic E-state index is 12.6. The number of hydrogen-bond acceptors (Lipinski definition) is 5. The van der Waals surface area contributed by atoms with Crippen molar-refractivity contribution in [3.8, 4) is 5.75 Å². The zero-order valence-electron chi connectivity index (χ0n) is 16.9. The van der Waals surface area contributed by atoms with Gasteiger partial charge in [-0.1, -0.05) is 23.2 Å². The Labute approximate surface area is 210 Å². The van der Waals surface area contributed by atoms with Gasteiger partial charge in [-0.3, -0.25) is 4.79 Å². The van der Waals surface area contributed by atoms with Gasteiger partial charge in [0.2, 0.25) is 0 Å². The Kier molecular flexibility index (Phi) is 8.26. The van der Waals surface area contributed by atoms with Crippen molar-refractivity contribution in [2.24, 2.45) is 0 Å². The van der Waals surface area contributed by atoms with Crippen molar-refractivity contribution in [3.05, 3.63) is 85.4 Å². The second-order valence-electron chi connectivity index (χ2n) is 6.94.